The summed E-state index contributed by atoms with van der Waals surface area (Å²) in [6, 6.07) is 11.3. The van der Waals surface area contributed by atoms with Crippen molar-refractivity contribution in [2.45, 2.75) is 6.54 Å². The summed E-state index contributed by atoms with van der Waals surface area (Å²) >= 11 is 12.7. The van der Waals surface area contributed by atoms with Crippen molar-refractivity contribution in [2.75, 3.05) is 24.7 Å². The van der Waals surface area contributed by atoms with Crippen LogP contribution in [0.3, 0.4) is 0 Å². The topological polar surface area (TPSA) is 86.8 Å². The number of nitrogens with zero attached hydrogens (tertiary/aromatic N) is 2. The number of imide groups is 1. The minimum Gasteiger partial charge on any atom is -0.332 e. The molecular formula is C20H17Cl2N3O4S. The number of nitrogens with one attached hydrogen (secondary N) is 1. The van der Waals surface area contributed by atoms with Crippen molar-refractivity contribution >= 4 is 63.6 Å². The van der Waals surface area contributed by atoms with E-state index in [9.17, 15) is 19.2 Å². The van der Waals surface area contributed by atoms with Gasteiger partial charge in [-0.2, -0.15) is 0 Å². The lowest BCUT2D eigenvalue weighted by molar-refractivity contribution is -0.125. The molecule has 1 aliphatic rings. The highest BCUT2D eigenvalue weighted by Crippen LogP contribution is 2.25. The van der Waals surface area contributed by atoms with E-state index in [4.69, 9.17) is 23.2 Å². The standard InChI is InChI=1S/C20H17Cl2N3O4S/c1-24(10-17(26)23-14-5-6-15(21)16(22)8-14)19(28)13-4-2-3-12(7-13)9-25-18(27)11-30-20(25)29/h2-8H,9-11H2,1H3,(H,23,26). The number of halogens is 2. The van der Waals surface area contributed by atoms with Gasteiger partial charge in [0.25, 0.3) is 11.1 Å². The SMILES string of the molecule is CN(CC(=O)Nc1ccc(Cl)c(Cl)c1)C(=O)c1cccc(CN2C(=O)CSC2=O)c1. The average Bonchev–Trinajstić information content (AvgIpc) is 3.02. The molecule has 0 saturated carbocycles. The maximum absolute atomic E-state index is 12.7. The molecule has 156 valence electrons. The second-order valence-electron chi connectivity index (χ2n) is 6.57. The number of carbonyl (C=O) groups is 4. The summed E-state index contributed by atoms with van der Waals surface area (Å²) < 4.78 is 0. The van der Waals surface area contributed by atoms with Gasteiger partial charge >= 0.3 is 0 Å². The van der Waals surface area contributed by atoms with Gasteiger partial charge in [-0.3, -0.25) is 24.1 Å². The Kier molecular flexibility index (Phi) is 7.02. The van der Waals surface area contributed by atoms with E-state index in [1.165, 1.54) is 18.0 Å². The first-order valence-corrected chi connectivity index (χ1v) is 10.5. The van der Waals surface area contributed by atoms with E-state index in [0.717, 1.165) is 16.7 Å². The molecule has 1 saturated heterocycles. The predicted octanol–water partition coefficient (Wildman–Crippen LogP) is 3.90. The number of likely N-dealkylation sites (N-methyl/N-ethyl adjacent to an activating group) is 1. The normalized spacial score (nSPS) is 13.5. The molecule has 0 aromatic heterocycles. The molecule has 4 amide bonds. The quantitative estimate of drug-likeness (QED) is 0.698. The molecule has 3 rings (SSSR count). The molecule has 10 heteroatoms. The Morgan fingerprint density at radius 1 is 1.13 bits per heavy atom. The van der Waals surface area contributed by atoms with Crippen molar-refractivity contribution in [1.29, 1.82) is 0 Å². The first kappa shape index (κ1) is 22.1. The third-order valence-corrected chi connectivity index (χ3v) is 5.88. The van der Waals surface area contributed by atoms with E-state index in [1.807, 2.05) is 0 Å². The van der Waals surface area contributed by atoms with Crippen LogP contribution < -0.4 is 5.32 Å². The Morgan fingerprint density at radius 3 is 2.57 bits per heavy atom. The smallest absolute Gasteiger partial charge is 0.289 e. The lowest BCUT2D eigenvalue weighted by Crippen LogP contribution is -2.35. The molecule has 7 nitrogen and oxygen atoms in total. The lowest BCUT2D eigenvalue weighted by Gasteiger charge is -2.18. The van der Waals surface area contributed by atoms with Gasteiger partial charge in [-0.1, -0.05) is 47.1 Å². The van der Waals surface area contributed by atoms with Crippen LogP contribution >= 0.6 is 35.0 Å². The maximum Gasteiger partial charge on any atom is 0.289 e. The van der Waals surface area contributed by atoms with Crippen LogP contribution in [0, 0.1) is 0 Å². The fourth-order valence-corrected chi connectivity index (χ4v) is 3.82. The number of anilines is 1. The van der Waals surface area contributed by atoms with Crippen molar-refractivity contribution < 1.29 is 19.2 Å². The fourth-order valence-electron chi connectivity index (χ4n) is 2.80. The van der Waals surface area contributed by atoms with E-state index in [2.05, 4.69) is 5.32 Å². The minimum absolute atomic E-state index is 0.104. The molecule has 0 radical (unpaired) electrons. The molecule has 0 atom stereocenters. The van der Waals surface area contributed by atoms with Gasteiger partial charge in [0, 0.05) is 18.3 Å². The highest BCUT2D eigenvalue weighted by Gasteiger charge is 2.29. The monoisotopic (exact) mass is 465 g/mol. The summed E-state index contributed by atoms with van der Waals surface area (Å²) in [5, 5.41) is 3.04. The third kappa shape index (κ3) is 5.33. The minimum atomic E-state index is -0.398. The van der Waals surface area contributed by atoms with Crippen molar-refractivity contribution in [3.05, 3.63) is 63.6 Å². The first-order chi connectivity index (χ1) is 14.2. The number of benzene rings is 2. The van der Waals surface area contributed by atoms with Crippen LogP contribution in [-0.2, 0) is 16.1 Å². The summed E-state index contributed by atoms with van der Waals surface area (Å²) in [5.74, 6) is -0.883. The van der Waals surface area contributed by atoms with Crippen molar-refractivity contribution in [3.8, 4) is 0 Å². The van der Waals surface area contributed by atoms with E-state index in [0.29, 0.717) is 26.9 Å². The molecule has 0 unspecified atom stereocenters. The zero-order valence-electron chi connectivity index (χ0n) is 15.9. The Balaban J connectivity index is 1.62. The summed E-state index contributed by atoms with van der Waals surface area (Å²) in [6.07, 6.45) is 0. The second-order valence-corrected chi connectivity index (χ2v) is 8.31. The highest BCUT2D eigenvalue weighted by atomic mass is 35.5. The molecule has 2 aromatic carbocycles. The number of hydrogen-bond donors (Lipinski definition) is 1. The molecule has 1 heterocycles. The molecule has 1 N–H and O–H groups in total. The predicted molar refractivity (Wildman–Crippen MR) is 117 cm³/mol. The van der Waals surface area contributed by atoms with Gasteiger partial charge in [0.1, 0.15) is 0 Å². The van der Waals surface area contributed by atoms with Crippen LogP contribution in [0.1, 0.15) is 15.9 Å². The average molecular weight is 466 g/mol. The number of carbonyl (C=O) groups excluding carboxylic acids is 4. The molecule has 0 aliphatic carbocycles. The van der Waals surface area contributed by atoms with Gasteiger partial charge in [0.15, 0.2) is 0 Å². The van der Waals surface area contributed by atoms with E-state index in [-0.39, 0.29) is 35.9 Å². The van der Waals surface area contributed by atoms with Gasteiger partial charge in [-0.05, 0) is 35.9 Å². The second kappa shape index (κ2) is 9.51. The van der Waals surface area contributed by atoms with Crippen molar-refractivity contribution in [3.63, 3.8) is 0 Å². The van der Waals surface area contributed by atoms with Crippen LogP contribution in [0.2, 0.25) is 10.0 Å². The third-order valence-electron chi connectivity index (χ3n) is 4.29. The van der Waals surface area contributed by atoms with Gasteiger partial charge in [-0.25, -0.2) is 0 Å². The summed E-state index contributed by atoms with van der Waals surface area (Å²) in [7, 11) is 1.51. The maximum atomic E-state index is 12.7. The Labute approximate surface area is 187 Å². The molecule has 0 spiro atoms. The summed E-state index contributed by atoms with van der Waals surface area (Å²) in [5.41, 5.74) is 1.47. The van der Waals surface area contributed by atoms with Crippen molar-refractivity contribution in [2.24, 2.45) is 0 Å². The first-order valence-electron chi connectivity index (χ1n) is 8.81. The Morgan fingerprint density at radius 2 is 1.90 bits per heavy atom. The van der Waals surface area contributed by atoms with E-state index >= 15 is 0 Å². The molecule has 1 aliphatic heterocycles. The lowest BCUT2D eigenvalue weighted by atomic mass is 10.1. The molecule has 2 aromatic rings. The molecule has 1 fully saturated rings. The number of amides is 4. The summed E-state index contributed by atoms with van der Waals surface area (Å²) in [4.78, 5) is 50.9. The van der Waals surface area contributed by atoms with Gasteiger partial charge in [-0.15, -0.1) is 0 Å². The highest BCUT2D eigenvalue weighted by molar-refractivity contribution is 8.14. The zero-order chi connectivity index (χ0) is 21.8. The largest absolute Gasteiger partial charge is 0.332 e. The van der Waals surface area contributed by atoms with E-state index < -0.39 is 5.91 Å². The van der Waals surface area contributed by atoms with Gasteiger partial charge in [0.2, 0.25) is 11.8 Å². The van der Waals surface area contributed by atoms with Crippen LogP contribution in [0.15, 0.2) is 42.5 Å². The number of rotatable bonds is 6. The number of thioether (sulfide) groups is 1. The molecule has 30 heavy (non-hydrogen) atoms. The summed E-state index contributed by atoms with van der Waals surface area (Å²) in [6.45, 7) is -0.0731. The molecule has 0 bridgehead atoms. The fraction of sp³-hybridized carbons (Fsp3) is 0.200. The Bertz CT molecular complexity index is 1010. The zero-order valence-corrected chi connectivity index (χ0v) is 18.2. The van der Waals surface area contributed by atoms with Gasteiger partial charge < -0.3 is 10.2 Å². The van der Waals surface area contributed by atoms with Crippen LogP contribution in [-0.4, -0.2) is 52.1 Å². The van der Waals surface area contributed by atoms with E-state index in [1.54, 1.807) is 36.4 Å². The van der Waals surface area contributed by atoms with Crippen molar-refractivity contribution in [1.82, 2.24) is 9.80 Å². The van der Waals surface area contributed by atoms with Crippen LogP contribution in [0.4, 0.5) is 10.5 Å². The van der Waals surface area contributed by atoms with Gasteiger partial charge in [0.05, 0.1) is 28.9 Å². The number of hydrogen-bond acceptors (Lipinski definition) is 5. The Hall–Kier alpha value is -2.55. The van der Waals surface area contributed by atoms with Crippen LogP contribution in [0.25, 0.3) is 0 Å². The van der Waals surface area contributed by atoms with Crippen LogP contribution in [0.5, 0.6) is 0 Å². The molecular weight excluding hydrogens is 449 g/mol.